The highest BCUT2D eigenvalue weighted by atomic mass is 79.9. The van der Waals surface area contributed by atoms with Crippen molar-refractivity contribution in [1.82, 2.24) is 15.2 Å². The number of anilines is 1. The molecular formula is C18H21BrN4O4S. The van der Waals surface area contributed by atoms with Gasteiger partial charge in [0.1, 0.15) is 0 Å². The van der Waals surface area contributed by atoms with Crippen LogP contribution in [0.25, 0.3) is 0 Å². The normalized spacial score (nSPS) is 11.2. The Bertz CT molecular complexity index is 962. The monoisotopic (exact) mass is 468 g/mol. The number of nitrogens with zero attached hydrogens (tertiary/aromatic N) is 2. The van der Waals surface area contributed by atoms with Crippen molar-refractivity contribution < 1.29 is 18.0 Å². The second kappa shape index (κ2) is 9.18. The van der Waals surface area contributed by atoms with Gasteiger partial charge in [-0.05, 0) is 42.5 Å². The molecule has 0 fully saturated rings. The molecule has 0 aliphatic carbocycles. The summed E-state index contributed by atoms with van der Waals surface area (Å²) >= 11 is 3.24. The van der Waals surface area contributed by atoms with E-state index in [0.29, 0.717) is 5.56 Å². The maximum absolute atomic E-state index is 12.5. The van der Waals surface area contributed by atoms with Crippen molar-refractivity contribution in [3.63, 3.8) is 0 Å². The van der Waals surface area contributed by atoms with Crippen LogP contribution in [0, 0.1) is 0 Å². The second-order valence-corrected chi connectivity index (χ2v) is 9.12. The molecule has 0 bridgehead atoms. The molecule has 0 spiro atoms. The highest BCUT2D eigenvalue weighted by molar-refractivity contribution is 9.10. The summed E-state index contributed by atoms with van der Waals surface area (Å²) in [5.74, 6) is -1.17. The van der Waals surface area contributed by atoms with Crippen molar-refractivity contribution >= 4 is 43.5 Å². The van der Waals surface area contributed by atoms with Gasteiger partial charge in [0, 0.05) is 36.9 Å². The van der Waals surface area contributed by atoms with Crippen LogP contribution in [0.15, 0.2) is 57.9 Å². The standard InChI is InChI=1S/C18H21BrN4O4S/c1-22(2)15-6-4-5-13(11-15)18(25)21-20-17(24)12-23(3)28(26,27)16-9-7-14(19)8-10-16/h4-11H,12H2,1-3H3,(H,20,24)(H,21,25). The van der Waals surface area contributed by atoms with E-state index in [-0.39, 0.29) is 4.90 Å². The van der Waals surface area contributed by atoms with E-state index in [4.69, 9.17) is 0 Å². The number of hydrazine groups is 1. The third kappa shape index (κ3) is 5.54. The Morgan fingerprint density at radius 1 is 1.00 bits per heavy atom. The third-order valence-electron chi connectivity index (χ3n) is 3.83. The number of halogens is 1. The molecule has 2 aromatic carbocycles. The minimum atomic E-state index is -3.82. The average Bonchev–Trinajstić information content (AvgIpc) is 2.66. The van der Waals surface area contributed by atoms with Gasteiger partial charge in [-0.1, -0.05) is 22.0 Å². The zero-order valence-corrected chi connectivity index (χ0v) is 18.0. The number of carbonyl (C=O) groups excluding carboxylic acids is 2. The molecule has 8 nitrogen and oxygen atoms in total. The fraction of sp³-hybridized carbons (Fsp3) is 0.222. The average molecular weight is 469 g/mol. The maximum atomic E-state index is 12.5. The molecule has 0 aliphatic rings. The van der Waals surface area contributed by atoms with Gasteiger partial charge in [0.15, 0.2) is 0 Å². The van der Waals surface area contributed by atoms with E-state index < -0.39 is 28.4 Å². The molecule has 0 saturated carbocycles. The zero-order valence-electron chi connectivity index (χ0n) is 15.6. The van der Waals surface area contributed by atoms with E-state index in [1.165, 1.54) is 19.2 Å². The Balaban J connectivity index is 1.95. The van der Waals surface area contributed by atoms with Crippen LogP contribution >= 0.6 is 15.9 Å². The summed E-state index contributed by atoms with van der Waals surface area (Å²) in [6.45, 7) is -0.448. The third-order valence-corrected chi connectivity index (χ3v) is 6.17. The van der Waals surface area contributed by atoms with Crippen LogP contribution in [0.5, 0.6) is 0 Å². The predicted octanol–water partition coefficient (Wildman–Crippen LogP) is 1.60. The number of benzene rings is 2. The molecule has 0 aliphatic heterocycles. The number of rotatable bonds is 6. The van der Waals surface area contributed by atoms with Crippen LogP contribution in [0.1, 0.15) is 10.4 Å². The molecule has 0 radical (unpaired) electrons. The number of amides is 2. The molecule has 0 atom stereocenters. The number of likely N-dealkylation sites (N-methyl/N-ethyl adjacent to an activating group) is 1. The Morgan fingerprint density at radius 3 is 2.25 bits per heavy atom. The van der Waals surface area contributed by atoms with Crippen LogP contribution in [-0.2, 0) is 14.8 Å². The van der Waals surface area contributed by atoms with Gasteiger partial charge in [-0.15, -0.1) is 0 Å². The second-order valence-electron chi connectivity index (χ2n) is 6.16. The van der Waals surface area contributed by atoms with Gasteiger partial charge in [-0.3, -0.25) is 20.4 Å². The van der Waals surface area contributed by atoms with Crippen LogP contribution in [0.2, 0.25) is 0 Å². The summed E-state index contributed by atoms with van der Waals surface area (Å²) in [7, 11) is 1.16. The van der Waals surface area contributed by atoms with E-state index in [1.54, 1.807) is 30.3 Å². The van der Waals surface area contributed by atoms with E-state index in [9.17, 15) is 18.0 Å². The fourth-order valence-electron chi connectivity index (χ4n) is 2.24. The number of carbonyl (C=O) groups is 2. The largest absolute Gasteiger partial charge is 0.378 e. The zero-order chi connectivity index (χ0) is 20.9. The van der Waals surface area contributed by atoms with Crippen molar-refractivity contribution in [2.45, 2.75) is 4.90 Å². The Morgan fingerprint density at radius 2 is 1.64 bits per heavy atom. The summed E-state index contributed by atoms with van der Waals surface area (Å²) in [5.41, 5.74) is 5.71. The number of sulfonamides is 1. The van der Waals surface area contributed by atoms with Crippen molar-refractivity contribution in [1.29, 1.82) is 0 Å². The Hall–Kier alpha value is -2.43. The van der Waals surface area contributed by atoms with Gasteiger partial charge in [-0.2, -0.15) is 4.31 Å². The molecule has 0 heterocycles. The minimum absolute atomic E-state index is 0.0653. The molecule has 2 rings (SSSR count). The molecule has 0 saturated heterocycles. The molecule has 28 heavy (non-hydrogen) atoms. The van der Waals surface area contributed by atoms with Crippen LogP contribution in [-0.4, -0.2) is 52.2 Å². The fourth-order valence-corrected chi connectivity index (χ4v) is 3.63. The topological polar surface area (TPSA) is 98.8 Å². The number of nitrogens with one attached hydrogen (secondary N) is 2. The Labute approximate surface area is 172 Å². The van der Waals surface area contributed by atoms with Gasteiger partial charge in [-0.25, -0.2) is 8.42 Å². The molecule has 2 amide bonds. The van der Waals surface area contributed by atoms with Crippen molar-refractivity contribution in [3.05, 3.63) is 58.6 Å². The predicted molar refractivity (Wildman–Crippen MR) is 110 cm³/mol. The van der Waals surface area contributed by atoms with E-state index in [1.807, 2.05) is 25.1 Å². The van der Waals surface area contributed by atoms with Gasteiger partial charge in [0.25, 0.3) is 11.8 Å². The van der Waals surface area contributed by atoms with Gasteiger partial charge in [0.05, 0.1) is 11.4 Å². The first kappa shape index (κ1) is 21.9. The number of hydrogen-bond donors (Lipinski definition) is 2. The van der Waals surface area contributed by atoms with E-state index in [2.05, 4.69) is 26.8 Å². The lowest BCUT2D eigenvalue weighted by molar-refractivity contribution is -0.121. The summed E-state index contributed by atoms with van der Waals surface area (Å²) < 4.78 is 26.6. The first-order valence-corrected chi connectivity index (χ1v) is 10.4. The smallest absolute Gasteiger partial charge is 0.269 e. The van der Waals surface area contributed by atoms with Crippen molar-refractivity contribution in [3.8, 4) is 0 Å². The van der Waals surface area contributed by atoms with Crippen LogP contribution in [0.3, 0.4) is 0 Å². The van der Waals surface area contributed by atoms with Crippen LogP contribution < -0.4 is 15.8 Å². The summed E-state index contributed by atoms with van der Waals surface area (Å²) in [6, 6.07) is 12.9. The molecule has 0 unspecified atom stereocenters. The summed E-state index contributed by atoms with van der Waals surface area (Å²) in [6.07, 6.45) is 0. The molecular weight excluding hydrogens is 448 g/mol. The lowest BCUT2D eigenvalue weighted by Gasteiger charge is -2.17. The van der Waals surface area contributed by atoms with E-state index in [0.717, 1.165) is 14.5 Å². The maximum Gasteiger partial charge on any atom is 0.269 e. The Kier molecular flexibility index (Phi) is 7.17. The highest BCUT2D eigenvalue weighted by Gasteiger charge is 2.23. The first-order chi connectivity index (χ1) is 13.1. The lowest BCUT2D eigenvalue weighted by Crippen LogP contribution is -2.46. The van der Waals surface area contributed by atoms with Crippen molar-refractivity contribution in [2.75, 3.05) is 32.6 Å². The molecule has 0 aromatic heterocycles. The van der Waals surface area contributed by atoms with E-state index >= 15 is 0 Å². The van der Waals surface area contributed by atoms with Crippen molar-refractivity contribution in [2.24, 2.45) is 0 Å². The molecule has 2 N–H and O–H groups in total. The van der Waals surface area contributed by atoms with Gasteiger partial charge < -0.3 is 4.90 Å². The molecule has 10 heteroatoms. The highest BCUT2D eigenvalue weighted by Crippen LogP contribution is 2.17. The SMILES string of the molecule is CN(C)c1cccc(C(=O)NNC(=O)CN(C)S(=O)(=O)c2ccc(Br)cc2)c1. The number of hydrogen-bond acceptors (Lipinski definition) is 5. The quantitative estimate of drug-likeness (QED) is 0.627. The van der Waals surface area contributed by atoms with Crippen LogP contribution in [0.4, 0.5) is 5.69 Å². The molecule has 150 valence electrons. The minimum Gasteiger partial charge on any atom is -0.378 e. The summed E-state index contributed by atoms with van der Waals surface area (Å²) in [5, 5.41) is 0. The van der Waals surface area contributed by atoms with Gasteiger partial charge in [0.2, 0.25) is 10.0 Å². The first-order valence-electron chi connectivity index (χ1n) is 8.20. The summed E-state index contributed by atoms with van der Waals surface area (Å²) in [4.78, 5) is 26.1. The lowest BCUT2D eigenvalue weighted by atomic mass is 10.2. The van der Waals surface area contributed by atoms with Gasteiger partial charge >= 0.3 is 0 Å². The molecule has 2 aromatic rings.